The smallest absolute Gasteiger partial charge is 0.354 e. The Morgan fingerprint density at radius 3 is 2.50 bits per heavy atom. The summed E-state index contributed by atoms with van der Waals surface area (Å²) in [6, 6.07) is 14.4. The van der Waals surface area contributed by atoms with Crippen molar-refractivity contribution in [3.63, 3.8) is 0 Å². The number of nitrogens with one attached hydrogen (secondary N) is 1. The Hall–Kier alpha value is -4.25. The first kappa shape index (κ1) is 21.0. The molecule has 0 bridgehead atoms. The van der Waals surface area contributed by atoms with E-state index in [-0.39, 0.29) is 23.7 Å². The van der Waals surface area contributed by atoms with Crippen LogP contribution in [0.5, 0.6) is 0 Å². The van der Waals surface area contributed by atoms with Gasteiger partial charge in [-0.3, -0.25) is 4.79 Å². The summed E-state index contributed by atoms with van der Waals surface area (Å²) in [6.45, 7) is 3.56. The maximum atomic E-state index is 12.4. The maximum absolute atomic E-state index is 12.4. The van der Waals surface area contributed by atoms with E-state index < -0.39 is 5.97 Å². The van der Waals surface area contributed by atoms with E-state index in [4.69, 9.17) is 10.4 Å². The molecule has 0 fully saturated rings. The SMILES string of the molecule is CC(=O)N1c2ccc(-c3ccc(C(=O)O)nc3)cc2[C@H](Nc2ccc(C#N)cn2)C[C@@H]1C. The van der Waals surface area contributed by atoms with Gasteiger partial charge in [0.25, 0.3) is 0 Å². The molecule has 32 heavy (non-hydrogen) atoms. The van der Waals surface area contributed by atoms with E-state index in [0.717, 1.165) is 22.4 Å². The van der Waals surface area contributed by atoms with Gasteiger partial charge in [-0.25, -0.2) is 14.8 Å². The first-order valence-corrected chi connectivity index (χ1v) is 10.1. The molecule has 1 aromatic carbocycles. The van der Waals surface area contributed by atoms with Gasteiger partial charge in [0.05, 0.1) is 11.6 Å². The number of carbonyl (C=O) groups is 2. The van der Waals surface area contributed by atoms with Crippen molar-refractivity contribution in [1.82, 2.24) is 9.97 Å². The summed E-state index contributed by atoms with van der Waals surface area (Å²) in [5.41, 5.74) is 3.86. The van der Waals surface area contributed by atoms with E-state index in [0.29, 0.717) is 17.8 Å². The number of rotatable bonds is 4. The van der Waals surface area contributed by atoms with E-state index >= 15 is 0 Å². The molecule has 2 aromatic heterocycles. The molecule has 0 radical (unpaired) electrons. The molecule has 4 rings (SSSR count). The summed E-state index contributed by atoms with van der Waals surface area (Å²) >= 11 is 0. The molecule has 0 spiro atoms. The van der Waals surface area contributed by atoms with E-state index in [1.165, 1.54) is 18.5 Å². The van der Waals surface area contributed by atoms with Crippen LogP contribution in [0.1, 0.15) is 47.9 Å². The average molecular weight is 427 g/mol. The summed E-state index contributed by atoms with van der Waals surface area (Å²) < 4.78 is 0. The zero-order valence-electron chi connectivity index (χ0n) is 17.6. The van der Waals surface area contributed by atoms with E-state index in [2.05, 4.69) is 21.4 Å². The molecule has 0 aliphatic carbocycles. The highest BCUT2D eigenvalue weighted by Crippen LogP contribution is 2.40. The molecule has 8 heteroatoms. The van der Waals surface area contributed by atoms with Crippen LogP contribution >= 0.6 is 0 Å². The van der Waals surface area contributed by atoms with E-state index in [1.54, 1.807) is 30.0 Å². The molecular weight excluding hydrogens is 406 g/mol. The first-order valence-electron chi connectivity index (χ1n) is 10.1. The van der Waals surface area contributed by atoms with Crippen LogP contribution in [-0.2, 0) is 4.79 Å². The monoisotopic (exact) mass is 427 g/mol. The van der Waals surface area contributed by atoms with Crippen molar-refractivity contribution < 1.29 is 14.7 Å². The number of fused-ring (bicyclic) bond motifs is 1. The fourth-order valence-corrected chi connectivity index (χ4v) is 4.08. The Kier molecular flexibility index (Phi) is 5.56. The van der Waals surface area contributed by atoms with Gasteiger partial charge in [-0.05, 0) is 54.8 Å². The number of aromatic carboxylic acids is 1. The van der Waals surface area contributed by atoms with Crippen molar-refractivity contribution in [1.29, 1.82) is 5.26 Å². The Morgan fingerprint density at radius 1 is 1.12 bits per heavy atom. The normalized spacial score (nSPS) is 17.2. The molecule has 160 valence electrons. The molecule has 0 saturated carbocycles. The quantitative estimate of drug-likeness (QED) is 0.645. The fraction of sp³-hybridized carbons (Fsp3) is 0.208. The third-order valence-electron chi connectivity index (χ3n) is 5.55. The number of hydrogen-bond acceptors (Lipinski definition) is 6. The van der Waals surface area contributed by atoms with Gasteiger partial charge in [0.2, 0.25) is 5.91 Å². The molecular formula is C24H21N5O3. The van der Waals surface area contributed by atoms with Gasteiger partial charge in [0.15, 0.2) is 0 Å². The lowest BCUT2D eigenvalue weighted by molar-refractivity contribution is -0.117. The number of nitriles is 1. The second-order valence-electron chi connectivity index (χ2n) is 7.73. The summed E-state index contributed by atoms with van der Waals surface area (Å²) in [4.78, 5) is 33.6. The van der Waals surface area contributed by atoms with Crippen molar-refractivity contribution in [3.8, 4) is 17.2 Å². The van der Waals surface area contributed by atoms with Crippen molar-refractivity contribution >= 4 is 23.4 Å². The van der Waals surface area contributed by atoms with E-state index in [9.17, 15) is 9.59 Å². The highest BCUT2D eigenvalue weighted by atomic mass is 16.4. The number of pyridine rings is 2. The molecule has 1 amide bonds. The highest BCUT2D eigenvalue weighted by Gasteiger charge is 2.32. The second-order valence-corrected chi connectivity index (χ2v) is 7.73. The second kappa shape index (κ2) is 8.47. The largest absolute Gasteiger partial charge is 0.477 e. The number of anilines is 2. The number of benzene rings is 1. The van der Waals surface area contributed by atoms with Crippen LogP contribution in [0, 0.1) is 11.3 Å². The Labute approximate surface area is 185 Å². The fourth-order valence-electron chi connectivity index (χ4n) is 4.08. The van der Waals surface area contributed by atoms with Gasteiger partial charge in [0.1, 0.15) is 17.6 Å². The van der Waals surface area contributed by atoms with Crippen molar-refractivity contribution in [2.24, 2.45) is 0 Å². The summed E-state index contributed by atoms with van der Waals surface area (Å²) in [6.07, 6.45) is 3.72. The third kappa shape index (κ3) is 4.01. The van der Waals surface area contributed by atoms with Gasteiger partial charge in [-0.1, -0.05) is 12.1 Å². The molecule has 8 nitrogen and oxygen atoms in total. The van der Waals surface area contributed by atoms with Crippen LogP contribution in [0.4, 0.5) is 11.5 Å². The highest BCUT2D eigenvalue weighted by molar-refractivity contribution is 5.94. The Bertz CT molecular complexity index is 1220. The lowest BCUT2D eigenvalue weighted by Crippen LogP contribution is -2.43. The Morgan fingerprint density at radius 2 is 1.91 bits per heavy atom. The number of nitrogens with zero attached hydrogens (tertiary/aromatic N) is 4. The van der Waals surface area contributed by atoms with Gasteiger partial charge in [0, 0.05) is 36.6 Å². The van der Waals surface area contributed by atoms with Crippen LogP contribution in [-0.4, -0.2) is 33.0 Å². The van der Waals surface area contributed by atoms with Crippen LogP contribution in [0.25, 0.3) is 11.1 Å². The molecule has 0 saturated heterocycles. The minimum Gasteiger partial charge on any atom is -0.477 e. The molecule has 1 aliphatic heterocycles. The van der Waals surface area contributed by atoms with Crippen molar-refractivity contribution in [3.05, 3.63) is 71.7 Å². The average Bonchev–Trinajstić information content (AvgIpc) is 2.79. The lowest BCUT2D eigenvalue weighted by Gasteiger charge is -2.39. The molecule has 2 atom stereocenters. The summed E-state index contributed by atoms with van der Waals surface area (Å²) in [5.74, 6) is -0.470. The molecule has 0 unspecified atom stereocenters. The summed E-state index contributed by atoms with van der Waals surface area (Å²) in [7, 11) is 0. The number of amides is 1. The van der Waals surface area contributed by atoms with Crippen LogP contribution in [0.3, 0.4) is 0 Å². The minimum absolute atomic E-state index is 0.0155. The lowest BCUT2D eigenvalue weighted by atomic mass is 9.89. The molecule has 3 heterocycles. The van der Waals surface area contributed by atoms with Crippen molar-refractivity contribution in [2.75, 3.05) is 10.2 Å². The third-order valence-corrected chi connectivity index (χ3v) is 5.55. The van der Waals surface area contributed by atoms with Crippen LogP contribution < -0.4 is 10.2 Å². The van der Waals surface area contributed by atoms with Gasteiger partial charge >= 0.3 is 5.97 Å². The predicted octanol–water partition coefficient (Wildman–Crippen LogP) is 4.01. The van der Waals surface area contributed by atoms with Gasteiger partial charge in [-0.15, -0.1) is 0 Å². The zero-order chi connectivity index (χ0) is 22.8. The predicted molar refractivity (Wildman–Crippen MR) is 119 cm³/mol. The first-order chi connectivity index (χ1) is 15.4. The van der Waals surface area contributed by atoms with Gasteiger partial charge in [-0.2, -0.15) is 5.26 Å². The molecule has 1 aliphatic rings. The number of carboxylic acid groups (broad SMARTS) is 1. The zero-order valence-corrected chi connectivity index (χ0v) is 17.6. The topological polar surface area (TPSA) is 119 Å². The van der Waals surface area contributed by atoms with Crippen molar-refractivity contribution in [2.45, 2.75) is 32.4 Å². The van der Waals surface area contributed by atoms with Crippen LogP contribution in [0.2, 0.25) is 0 Å². The maximum Gasteiger partial charge on any atom is 0.354 e. The number of carboxylic acids is 1. The Balaban J connectivity index is 1.74. The van der Waals surface area contributed by atoms with Gasteiger partial charge < -0.3 is 15.3 Å². The number of aromatic nitrogens is 2. The standard InChI is InChI=1S/C24H21N5O3/c1-14-9-21(28-23-8-3-16(11-25)12-27-23)19-10-17(5-7-22(19)29(14)15(2)30)18-4-6-20(24(31)32)26-13-18/h3-8,10,12-14,21H,9H2,1-2H3,(H,27,28)(H,31,32)/t14-,21+/m0/s1. The minimum atomic E-state index is -1.08. The van der Waals surface area contributed by atoms with E-state index in [1.807, 2.05) is 25.1 Å². The number of hydrogen-bond donors (Lipinski definition) is 2. The van der Waals surface area contributed by atoms with Crippen LogP contribution in [0.15, 0.2) is 54.9 Å². The molecule has 2 N–H and O–H groups in total. The number of carbonyl (C=O) groups excluding carboxylic acids is 1. The summed E-state index contributed by atoms with van der Waals surface area (Å²) in [5, 5.41) is 21.5. The molecule has 3 aromatic rings.